The van der Waals surface area contributed by atoms with Gasteiger partial charge in [0, 0.05) is 13.0 Å². The second-order valence-corrected chi connectivity index (χ2v) is 17.7. The first-order valence-electron chi connectivity index (χ1n) is 24.5. The Hall–Kier alpha value is -2.20. The molecular weight excluding hydrogens is 825 g/mol. The summed E-state index contributed by atoms with van der Waals surface area (Å²) in [6.45, 7) is 3.84. The van der Waals surface area contributed by atoms with Crippen molar-refractivity contribution < 1.29 is 56.2 Å². The molecule has 0 saturated carbocycles. The summed E-state index contributed by atoms with van der Waals surface area (Å²) in [5.74, 6) is -0.413. The molecule has 1 heterocycles. The normalized spacial score (nSPS) is 20.4. The average molecular weight is 913 g/mol. The fourth-order valence-electron chi connectivity index (χ4n) is 7.19. The Kier molecular flexibility index (Phi) is 38.5. The SMILES string of the molecule is CC/C=C\C/C=C\C/C=C\C/C=C\CCCCCCCCCOCC(COC1OC(CO)C(O)C(OS(=O)(=O)O)C1O)OC(=O)CCCCCCC/C=C\CCCCCCCCC. The van der Waals surface area contributed by atoms with Crippen LogP contribution in [0.15, 0.2) is 60.8 Å². The Morgan fingerprint density at radius 3 is 1.62 bits per heavy atom. The minimum Gasteiger partial charge on any atom is -0.457 e. The first-order chi connectivity index (χ1) is 30.6. The Balaban J connectivity index is 2.40. The molecule has 1 fully saturated rings. The van der Waals surface area contributed by atoms with Crippen LogP contribution in [0.25, 0.3) is 0 Å². The lowest BCUT2D eigenvalue weighted by molar-refractivity contribution is -0.301. The van der Waals surface area contributed by atoms with Gasteiger partial charge >= 0.3 is 16.4 Å². The molecule has 4 N–H and O–H groups in total. The highest BCUT2D eigenvalue weighted by molar-refractivity contribution is 7.80. The van der Waals surface area contributed by atoms with Crippen LogP contribution >= 0.6 is 0 Å². The summed E-state index contributed by atoms with van der Waals surface area (Å²) >= 11 is 0. The van der Waals surface area contributed by atoms with E-state index in [-0.39, 0.29) is 19.6 Å². The number of allylic oxidation sites excluding steroid dienone is 10. The Morgan fingerprint density at radius 2 is 1.10 bits per heavy atom. The summed E-state index contributed by atoms with van der Waals surface area (Å²) in [7, 11) is -5.07. The van der Waals surface area contributed by atoms with Crippen LogP contribution in [0.3, 0.4) is 0 Å². The molecule has 0 amide bonds. The summed E-state index contributed by atoms with van der Waals surface area (Å²) < 4.78 is 59.2. The zero-order valence-electron chi connectivity index (χ0n) is 39.1. The van der Waals surface area contributed by atoms with E-state index in [0.29, 0.717) is 13.0 Å². The minimum atomic E-state index is -5.07. The van der Waals surface area contributed by atoms with Crippen LogP contribution in [0.5, 0.6) is 0 Å². The molecule has 0 aliphatic carbocycles. The molecule has 0 aromatic heterocycles. The van der Waals surface area contributed by atoms with Gasteiger partial charge in [0.05, 0.1) is 19.8 Å². The van der Waals surface area contributed by atoms with Gasteiger partial charge in [-0.3, -0.25) is 9.35 Å². The van der Waals surface area contributed by atoms with Crippen molar-refractivity contribution in [1.82, 2.24) is 0 Å². The van der Waals surface area contributed by atoms with Gasteiger partial charge < -0.3 is 34.3 Å². The van der Waals surface area contributed by atoms with Crippen molar-refractivity contribution in [3.05, 3.63) is 60.8 Å². The number of aliphatic hydroxyl groups excluding tert-OH is 3. The molecule has 0 radical (unpaired) electrons. The predicted molar refractivity (Wildman–Crippen MR) is 253 cm³/mol. The summed E-state index contributed by atoms with van der Waals surface area (Å²) in [4.78, 5) is 12.9. The molecule has 1 rings (SSSR count). The monoisotopic (exact) mass is 913 g/mol. The van der Waals surface area contributed by atoms with Gasteiger partial charge in [0.25, 0.3) is 0 Å². The molecular formula is C50H88O12S. The Labute approximate surface area is 382 Å². The van der Waals surface area contributed by atoms with Crippen molar-refractivity contribution in [3.8, 4) is 0 Å². The number of unbranched alkanes of at least 4 members (excludes halogenated alkanes) is 19. The molecule has 6 atom stereocenters. The van der Waals surface area contributed by atoms with E-state index in [1.54, 1.807) is 0 Å². The van der Waals surface area contributed by atoms with Crippen molar-refractivity contribution in [2.24, 2.45) is 0 Å². The summed E-state index contributed by atoms with van der Waals surface area (Å²) in [6.07, 6.45) is 42.5. The van der Waals surface area contributed by atoms with Gasteiger partial charge in [-0.25, -0.2) is 4.18 Å². The van der Waals surface area contributed by atoms with E-state index >= 15 is 0 Å². The number of carbonyl (C=O) groups excluding carboxylic acids is 1. The zero-order valence-corrected chi connectivity index (χ0v) is 39.9. The van der Waals surface area contributed by atoms with Crippen LogP contribution in [0.1, 0.15) is 187 Å². The highest BCUT2D eigenvalue weighted by atomic mass is 32.3. The summed E-state index contributed by atoms with van der Waals surface area (Å²) in [5, 5.41) is 30.7. The molecule has 63 heavy (non-hydrogen) atoms. The topological polar surface area (TPSA) is 178 Å². The van der Waals surface area contributed by atoms with Gasteiger partial charge in [-0.05, 0) is 77.0 Å². The van der Waals surface area contributed by atoms with Crippen molar-refractivity contribution in [3.63, 3.8) is 0 Å². The quantitative estimate of drug-likeness (QED) is 0.0197. The number of ether oxygens (including phenoxy) is 4. The first-order valence-corrected chi connectivity index (χ1v) is 25.9. The summed E-state index contributed by atoms with van der Waals surface area (Å²) in [5.41, 5.74) is 0. The van der Waals surface area contributed by atoms with E-state index in [4.69, 9.17) is 18.9 Å². The van der Waals surface area contributed by atoms with E-state index in [9.17, 15) is 33.1 Å². The highest BCUT2D eigenvalue weighted by Crippen LogP contribution is 2.26. The van der Waals surface area contributed by atoms with Gasteiger partial charge in [-0.1, -0.05) is 164 Å². The second-order valence-electron chi connectivity index (χ2n) is 16.7. The third kappa shape index (κ3) is 34.8. The van der Waals surface area contributed by atoms with Gasteiger partial charge in [0.2, 0.25) is 0 Å². The van der Waals surface area contributed by atoms with Crippen LogP contribution in [0.2, 0.25) is 0 Å². The van der Waals surface area contributed by atoms with Gasteiger partial charge in [-0.15, -0.1) is 0 Å². The summed E-state index contributed by atoms with van der Waals surface area (Å²) in [6, 6.07) is 0. The van der Waals surface area contributed by atoms with Crippen LogP contribution in [-0.2, 0) is 38.3 Å². The number of hydrogen-bond acceptors (Lipinski definition) is 11. The minimum absolute atomic E-state index is 0.0231. The molecule has 1 saturated heterocycles. The highest BCUT2D eigenvalue weighted by Gasteiger charge is 2.48. The van der Waals surface area contributed by atoms with Crippen LogP contribution < -0.4 is 0 Å². The van der Waals surface area contributed by atoms with E-state index in [2.05, 4.69) is 78.8 Å². The molecule has 6 unspecified atom stereocenters. The third-order valence-corrected chi connectivity index (χ3v) is 11.3. The van der Waals surface area contributed by atoms with Crippen molar-refractivity contribution in [1.29, 1.82) is 0 Å². The van der Waals surface area contributed by atoms with Crippen molar-refractivity contribution >= 4 is 16.4 Å². The number of esters is 1. The van der Waals surface area contributed by atoms with Crippen LogP contribution in [0.4, 0.5) is 0 Å². The standard InChI is InChI=1S/C50H88O12S/c1-3-5-7-9-11-13-15-17-19-21-22-23-24-26-28-30-32-34-36-38-40-58-42-44(43-59-50-48(54)49(62-63(55,56)57)47(53)45(41-51)61-50)60-46(52)39-37-35-33-31-29-27-25-20-18-16-14-12-10-8-6-4-2/h5,7,11,13,17,19-20,22-23,25,44-45,47-51,53-54H,3-4,6,8-10,12,14-16,18,21,24,26-43H2,1-2H3,(H,55,56,57)/b7-5-,13-11-,19-17-,23-22-,25-20-. The number of aliphatic hydroxyl groups is 3. The molecule has 0 spiro atoms. The van der Waals surface area contributed by atoms with E-state index in [1.165, 1.54) is 64.2 Å². The van der Waals surface area contributed by atoms with Gasteiger partial charge in [-0.2, -0.15) is 8.42 Å². The molecule has 366 valence electrons. The maximum Gasteiger partial charge on any atom is 0.397 e. The van der Waals surface area contributed by atoms with Crippen LogP contribution in [0, 0.1) is 0 Å². The van der Waals surface area contributed by atoms with Crippen molar-refractivity contribution in [2.75, 3.05) is 26.4 Å². The van der Waals surface area contributed by atoms with Gasteiger partial charge in [0.15, 0.2) is 6.29 Å². The largest absolute Gasteiger partial charge is 0.457 e. The van der Waals surface area contributed by atoms with E-state index in [0.717, 1.165) is 96.3 Å². The third-order valence-electron chi connectivity index (χ3n) is 10.9. The first kappa shape index (κ1) is 58.8. The number of hydrogen-bond donors (Lipinski definition) is 4. The van der Waals surface area contributed by atoms with Crippen molar-refractivity contribution in [2.45, 2.75) is 224 Å². The zero-order chi connectivity index (χ0) is 46.1. The maximum absolute atomic E-state index is 12.9. The number of rotatable bonds is 42. The predicted octanol–water partition coefficient (Wildman–Crippen LogP) is 10.9. The van der Waals surface area contributed by atoms with Crippen LogP contribution in [-0.4, -0.2) is 97.5 Å². The lowest BCUT2D eigenvalue weighted by Crippen LogP contribution is -2.60. The molecule has 0 bridgehead atoms. The molecule has 0 aromatic carbocycles. The lowest BCUT2D eigenvalue weighted by Gasteiger charge is -2.41. The molecule has 1 aliphatic heterocycles. The fraction of sp³-hybridized carbons (Fsp3) is 0.780. The van der Waals surface area contributed by atoms with E-state index < -0.39 is 59.8 Å². The maximum atomic E-state index is 12.9. The second kappa shape index (κ2) is 41.2. The molecule has 12 nitrogen and oxygen atoms in total. The Morgan fingerprint density at radius 1 is 0.619 bits per heavy atom. The van der Waals surface area contributed by atoms with Gasteiger partial charge in [0.1, 0.15) is 30.5 Å². The lowest BCUT2D eigenvalue weighted by atomic mass is 9.99. The Bertz CT molecular complexity index is 1330. The number of carbonyl (C=O) groups is 1. The fourth-order valence-corrected chi connectivity index (χ4v) is 7.70. The van der Waals surface area contributed by atoms with E-state index in [1.807, 2.05) is 0 Å². The smallest absolute Gasteiger partial charge is 0.397 e. The molecule has 1 aliphatic rings. The molecule has 0 aromatic rings. The average Bonchev–Trinajstić information content (AvgIpc) is 3.26. The molecule has 13 heteroatoms.